The van der Waals surface area contributed by atoms with Crippen LogP contribution in [0, 0.1) is 6.92 Å². The molecule has 1 aromatic carbocycles. The van der Waals surface area contributed by atoms with Crippen LogP contribution >= 0.6 is 0 Å². The van der Waals surface area contributed by atoms with E-state index in [0.29, 0.717) is 12.4 Å². The van der Waals surface area contributed by atoms with Gasteiger partial charge in [0.2, 0.25) is 5.89 Å². The van der Waals surface area contributed by atoms with E-state index in [2.05, 4.69) is 43.2 Å². The maximum absolute atomic E-state index is 5.07. The monoisotopic (exact) mass is 375 g/mol. The number of rotatable bonds is 4. The second-order valence-corrected chi connectivity index (χ2v) is 6.96. The van der Waals surface area contributed by atoms with Crippen molar-refractivity contribution < 1.29 is 4.52 Å². The van der Waals surface area contributed by atoms with E-state index in [1.165, 1.54) is 0 Å². The Balaban J connectivity index is 1.38. The van der Waals surface area contributed by atoms with Crippen molar-refractivity contribution in [1.82, 2.24) is 29.6 Å². The minimum Gasteiger partial charge on any atom is -0.354 e. The molecule has 8 nitrogen and oxygen atoms in total. The lowest BCUT2D eigenvalue weighted by Gasteiger charge is -2.35. The molecule has 4 heterocycles. The summed E-state index contributed by atoms with van der Waals surface area (Å²) in [7, 11) is 0. The highest BCUT2D eigenvalue weighted by Crippen LogP contribution is 2.25. The van der Waals surface area contributed by atoms with E-state index in [4.69, 9.17) is 9.51 Å². The van der Waals surface area contributed by atoms with E-state index >= 15 is 0 Å². The first-order valence-corrected chi connectivity index (χ1v) is 9.43. The first-order valence-electron chi connectivity index (χ1n) is 9.43. The Labute approximate surface area is 162 Å². The fraction of sp³-hybridized carbons (Fsp3) is 0.300. The molecule has 0 N–H and O–H groups in total. The molecule has 142 valence electrons. The molecule has 0 atom stereocenters. The zero-order chi connectivity index (χ0) is 18.9. The SMILES string of the molecule is Cc1nc(CN2CCN(c3cc(-c4ccccc4)nc4ccnn34)CC2)no1. The Bertz CT molecular complexity index is 1080. The number of nitrogens with zero attached hydrogens (tertiary/aromatic N) is 7. The van der Waals surface area contributed by atoms with E-state index in [0.717, 1.165) is 54.7 Å². The van der Waals surface area contributed by atoms with Crippen molar-refractivity contribution in [2.24, 2.45) is 0 Å². The van der Waals surface area contributed by atoms with Crippen molar-refractivity contribution in [3.63, 3.8) is 0 Å². The fourth-order valence-electron chi connectivity index (χ4n) is 3.62. The Hall–Kier alpha value is -3.26. The van der Waals surface area contributed by atoms with Crippen LogP contribution in [0.5, 0.6) is 0 Å². The van der Waals surface area contributed by atoms with E-state index in [1.807, 2.05) is 35.7 Å². The van der Waals surface area contributed by atoms with Gasteiger partial charge in [0.25, 0.3) is 0 Å². The third-order valence-corrected chi connectivity index (χ3v) is 5.04. The van der Waals surface area contributed by atoms with Gasteiger partial charge in [-0.2, -0.15) is 14.6 Å². The molecule has 28 heavy (non-hydrogen) atoms. The molecule has 1 aliphatic heterocycles. The van der Waals surface area contributed by atoms with Gasteiger partial charge in [0.15, 0.2) is 11.5 Å². The van der Waals surface area contributed by atoms with Crippen molar-refractivity contribution in [1.29, 1.82) is 0 Å². The first kappa shape index (κ1) is 16.9. The standard InChI is InChI=1S/C20H21N7O/c1-15-22-18(24-28-15)14-25-9-11-26(12-10-25)20-13-17(16-5-3-2-4-6-16)23-19-7-8-21-27(19)20/h2-8,13H,9-12,14H2,1H3. The fourth-order valence-corrected chi connectivity index (χ4v) is 3.62. The lowest BCUT2D eigenvalue weighted by atomic mass is 10.1. The van der Waals surface area contributed by atoms with Crippen molar-refractivity contribution in [3.8, 4) is 11.3 Å². The third-order valence-electron chi connectivity index (χ3n) is 5.04. The normalized spacial score (nSPS) is 15.4. The maximum atomic E-state index is 5.07. The van der Waals surface area contributed by atoms with Crippen LogP contribution < -0.4 is 4.90 Å². The highest BCUT2D eigenvalue weighted by atomic mass is 16.5. The average molecular weight is 375 g/mol. The van der Waals surface area contributed by atoms with Gasteiger partial charge in [-0.25, -0.2) is 4.98 Å². The third kappa shape index (κ3) is 3.22. The van der Waals surface area contributed by atoms with Crippen LogP contribution in [0.3, 0.4) is 0 Å². The molecule has 0 amide bonds. The summed E-state index contributed by atoms with van der Waals surface area (Å²) in [6, 6.07) is 14.4. The van der Waals surface area contributed by atoms with Crippen LogP contribution in [0.4, 0.5) is 5.82 Å². The van der Waals surface area contributed by atoms with Gasteiger partial charge in [0, 0.05) is 50.8 Å². The Kier molecular flexibility index (Phi) is 4.25. The van der Waals surface area contributed by atoms with E-state index in [-0.39, 0.29) is 0 Å². The summed E-state index contributed by atoms with van der Waals surface area (Å²) in [6.45, 7) is 6.21. The number of benzene rings is 1. The van der Waals surface area contributed by atoms with Gasteiger partial charge >= 0.3 is 0 Å². The van der Waals surface area contributed by atoms with Crippen molar-refractivity contribution in [2.45, 2.75) is 13.5 Å². The number of hydrogen-bond acceptors (Lipinski definition) is 7. The molecule has 1 aliphatic rings. The summed E-state index contributed by atoms with van der Waals surface area (Å²) in [5.41, 5.74) is 2.94. The van der Waals surface area contributed by atoms with Crippen molar-refractivity contribution in [3.05, 3.63) is 60.4 Å². The van der Waals surface area contributed by atoms with Gasteiger partial charge in [-0.1, -0.05) is 35.5 Å². The summed E-state index contributed by atoms with van der Waals surface area (Å²) < 4.78 is 7.00. The summed E-state index contributed by atoms with van der Waals surface area (Å²) in [4.78, 5) is 13.8. The number of piperazine rings is 1. The van der Waals surface area contributed by atoms with Crippen LogP contribution in [0.1, 0.15) is 11.7 Å². The van der Waals surface area contributed by atoms with Crippen LogP contribution in [-0.2, 0) is 6.54 Å². The molecule has 0 spiro atoms. The highest BCUT2D eigenvalue weighted by molar-refractivity contribution is 5.66. The minimum absolute atomic E-state index is 0.611. The number of fused-ring (bicyclic) bond motifs is 1. The van der Waals surface area contributed by atoms with Gasteiger partial charge < -0.3 is 9.42 Å². The van der Waals surface area contributed by atoms with Gasteiger partial charge in [0.1, 0.15) is 5.82 Å². The first-order chi connectivity index (χ1) is 13.8. The number of aromatic nitrogens is 5. The molecule has 3 aromatic heterocycles. The minimum atomic E-state index is 0.611. The molecule has 0 unspecified atom stereocenters. The van der Waals surface area contributed by atoms with Gasteiger partial charge in [-0.15, -0.1) is 0 Å². The molecule has 0 aliphatic carbocycles. The number of anilines is 1. The second-order valence-electron chi connectivity index (χ2n) is 6.96. The summed E-state index contributed by atoms with van der Waals surface area (Å²) in [5.74, 6) is 2.43. The quantitative estimate of drug-likeness (QED) is 0.542. The largest absolute Gasteiger partial charge is 0.354 e. The summed E-state index contributed by atoms with van der Waals surface area (Å²) in [5, 5.41) is 8.49. The molecule has 1 saturated heterocycles. The van der Waals surface area contributed by atoms with E-state index < -0.39 is 0 Å². The van der Waals surface area contributed by atoms with Crippen molar-refractivity contribution >= 4 is 11.5 Å². The van der Waals surface area contributed by atoms with E-state index in [9.17, 15) is 0 Å². The number of aryl methyl sites for hydroxylation is 1. The molecule has 8 heteroatoms. The highest BCUT2D eigenvalue weighted by Gasteiger charge is 2.21. The Morgan fingerprint density at radius 2 is 1.82 bits per heavy atom. The second kappa shape index (κ2) is 7.05. The number of hydrogen-bond donors (Lipinski definition) is 0. The topological polar surface area (TPSA) is 75.6 Å². The van der Waals surface area contributed by atoms with Gasteiger partial charge in [0.05, 0.1) is 18.4 Å². The Morgan fingerprint density at radius 3 is 2.57 bits per heavy atom. The average Bonchev–Trinajstić information content (AvgIpc) is 3.37. The van der Waals surface area contributed by atoms with Crippen LogP contribution in [0.2, 0.25) is 0 Å². The molecule has 5 rings (SSSR count). The molecule has 1 fully saturated rings. The zero-order valence-electron chi connectivity index (χ0n) is 15.7. The molecular formula is C20H21N7O. The molecular weight excluding hydrogens is 354 g/mol. The predicted octanol–water partition coefficient (Wildman–Crippen LogP) is 2.41. The maximum Gasteiger partial charge on any atom is 0.223 e. The van der Waals surface area contributed by atoms with Gasteiger partial charge in [-0.3, -0.25) is 4.90 Å². The summed E-state index contributed by atoms with van der Waals surface area (Å²) in [6.07, 6.45) is 1.80. The Morgan fingerprint density at radius 1 is 1.00 bits per heavy atom. The van der Waals surface area contributed by atoms with Gasteiger partial charge in [-0.05, 0) is 0 Å². The van der Waals surface area contributed by atoms with Crippen molar-refractivity contribution in [2.75, 3.05) is 31.1 Å². The zero-order valence-corrected chi connectivity index (χ0v) is 15.7. The molecule has 0 bridgehead atoms. The smallest absolute Gasteiger partial charge is 0.223 e. The molecule has 4 aromatic rings. The lowest BCUT2D eigenvalue weighted by Crippen LogP contribution is -2.46. The molecule has 0 saturated carbocycles. The van der Waals surface area contributed by atoms with E-state index in [1.54, 1.807) is 6.20 Å². The summed E-state index contributed by atoms with van der Waals surface area (Å²) >= 11 is 0. The predicted molar refractivity (Wildman–Crippen MR) is 105 cm³/mol. The molecule has 0 radical (unpaired) electrons. The van der Waals surface area contributed by atoms with Crippen LogP contribution in [0.15, 0.2) is 53.2 Å². The van der Waals surface area contributed by atoms with Crippen LogP contribution in [0.25, 0.3) is 16.9 Å². The lowest BCUT2D eigenvalue weighted by molar-refractivity contribution is 0.239. The van der Waals surface area contributed by atoms with Crippen LogP contribution in [-0.4, -0.2) is 55.8 Å².